The summed E-state index contributed by atoms with van der Waals surface area (Å²) in [6, 6.07) is 17.1. The molecule has 1 aromatic heterocycles. The Labute approximate surface area is 181 Å². The Kier molecular flexibility index (Phi) is 6.16. The van der Waals surface area contributed by atoms with E-state index in [-0.39, 0.29) is 12.3 Å². The number of amides is 1. The summed E-state index contributed by atoms with van der Waals surface area (Å²) in [6.45, 7) is 2.45. The van der Waals surface area contributed by atoms with Gasteiger partial charge in [-0.1, -0.05) is 42.5 Å². The van der Waals surface area contributed by atoms with Gasteiger partial charge in [-0.15, -0.1) is 0 Å². The highest BCUT2D eigenvalue weighted by Gasteiger charge is 2.33. The second-order valence-electron chi connectivity index (χ2n) is 7.97. The first kappa shape index (κ1) is 20.8. The fourth-order valence-electron chi connectivity index (χ4n) is 4.12. The zero-order valence-corrected chi connectivity index (χ0v) is 17.6. The first-order chi connectivity index (χ1) is 15.0. The molecule has 160 valence electrons. The van der Waals surface area contributed by atoms with Crippen LogP contribution in [0.25, 0.3) is 11.5 Å². The SMILES string of the molecule is Cc1oc(-c2ccccc2)nc1CCc1cccc(CC(=O)N2CCC[C@@H]2C(=O)O)c1. The van der Waals surface area contributed by atoms with Crippen LogP contribution in [0.5, 0.6) is 0 Å². The lowest BCUT2D eigenvalue weighted by Gasteiger charge is -2.21. The van der Waals surface area contributed by atoms with Crippen molar-refractivity contribution in [1.82, 2.24) is 9.88 Å². The van der Waals surface area contributed by atoms with E-state index >= 15 is 0 Å². The van der Waals surface area contributed by atoms with E-state index < -0.39 is 12.0 Å². The molecule has 4 rings (SSSR count). The molecule has 0 unspecified atom stereocenters. The molecule has 1 amide bonds. The van der Waals surface area contributed by atoms with E-state index in [4.69, 9.17) is 4.42 Å². The maximum atomic E-state index is 12.6. The smallest absolute Gasteiger partial charge is 0.326 e. The highest BCUT2D eigenvalue weighted by Crippen LogP contribution is 2.23. The number of benzene rings is 2. The van der Waals surface area contributed by atoms with E-state index in [1.165, 1.54) is 4.90 Å². The van der Waals surface area contributed by atoms with Gasteiger partial charge in [-0.3, -0.25) is 4.79 Å². The van der Waals surface area contributed by atoms with Crippen LogP contribution in [0.2, 0.25) is 0 Å². The molecule has 3 aromatic rings. The average Bonchev–Trinajstić information content (AvgIpc) is 3.40. The van der Waals surface area contributed by atoms with E-state index in [0.29, 0.717) is 18.9 Å². The third-order valence-electron chi connectivity index (χ3n) is 5.77. The normalized spacial score (nSPS) is 15.9. The number of carbonyl (C=O) groups excluding carboxylic acids is 1. The Hall–Kier alpha value is -3.41. The number of rotatable bonds is 7. The molecule has 2 aromatic carbocycles. The third-order valence-corrected chi connectivity index (χ3v) is 5.77. The summed E-state index contributed by atoms with van der Waals surface area (Å²) >= 11 is 0. The Morgan fingerprint density at radius 1 is 1.10 bits per heavy atom. The minimum absolute atomic E-state index is 0.123. The molecule has 31 heavy (non-hydrogen) atoms. The molecule has 0 aliphatic carbocycles. The minimum Gasteiger partial charge on any atom is -0.480 e. The number of carboxylic acid groups (broad SMARTS) is 1. The molecule has 1 atom stereocenters. The van der Waals surface area contributed by atoms with Crippen molar-refractivity contribution in [3.05, 3.63) is 77.2 Å². The van der Waals surface area contributed by atoms with Crippen LogP contribution in [0, 0.1) is 6.92 Å². The summed E-state index contributed by atoms with van der Waals surface area (Å²) in [5.74, 6) is 0.407. The molecule has 0 spiro atoms. The van der Waals surface area contributed by atoms with Crippen molar-refractivity contribution in [2.75, 3.05) is 6.54 Å². The van der Waals surface area contributed by atoms with Crippen molar-refractivity contribution in [3.8, 4) is 11.5 Å². The summed E-state index contributed by atoms with van der Waals surface area (Å²) < 4.78 is 5.84. The Morgan fingerprint density at radius 3 is 2.65 bits per heavy atom. The first-order valence-electron chi connectivity index (χ1n) is 10.6. The van der Waals surface area contributed by atoms with E-state index in [1.807, 2.05) is 61.5 Å². The number of aromatic nitrogens is 1. The Morgan fingerprint density at radius 2 is 1.87 bits per heavy atom. The number of aryl methyl sites for hydroxylation is 3. The number of nitrogens with zero attached hydrogens (tertiary/aromatic N) is 2. The molecule has 1 aliphatic rings. The zero-order valence-electron chi connectivity index (χ0n) is 17.6. The number of likely N-dealkylation sites (tertiary alicyclic amines) is 1. The lowest BCUT2D eigenvalue weighted by atomic mass is 10.0. The number of carbonyl (C=O) groups is 2. The van der Waals surface area contributed by atoms with Crippen molar-refractivity contribution in [2.24, 2.45) is 0 Å². The highest BCUT2D eigenvalue weighted by atomic mass is 16.4. The summed E-state index contributed by atoms with van der Waals surface area (Å²) in [7, 11) is 0. The summed E-state index contributed by atoms with van der Waals surface area (Å²) in [5, 5.41) is 9.31. The molecule has 0 bridgehead atoms. The van der Waals surface area contributed by atoms with Gasteiger partial charge in [0.2, 0.25) is 11.8 Å². The largest absolute Gasteiger partial charge is 0.480 e. The summed E-state index contributed by atoms with van der Waals surface area (Å²) in [6.07, 6.45) is 3.02. The predicted octanol–water partition coefficient (Wildman–Crippen LogP) is 4.05. The summed E-state index contributed by atoms with van der Waals surface area (Å²) in [5.41, 5.74) is 3.91. The molecule has 1 N–H and O–H groups in total. The topological polar surface area (TPSA) is 83.6 Å². The molecule has 6 nitrogen and oxygen atoms in total. The van der Waals surface area contributed by atoms with Crippen molar-refractivity contribution >= 4 is 11.9 Å². The van der Waals surface area contributed by atoms with Crippen molar-refractivity contribution < 1.29 is 19.1 Å². The molecule has 1 saturated heterocycles. The lowest BCUT2D eigenvalue weighted by molar-refractivity contribution is -0.148. The van der Waals surface area contributed by atoms with Gasteiger partial charge in [0, 0.05) is 12.1 Å². The van der Waals surface area contributed by atoms with Crippen LogP contribution < -0.4 is 0 Å². The number of hydrogen-bond acceptors (Lipinski definition) is 4. The lowest BCUT2D eigenvalue weighted by Crippen LogP contribution is -2.41. The standard InChI is InChI=1S/C25H26N2O4/c1-17-21(26-24(31-17)20-9-3-2-4-10-20)13-12-18-7-5-8-19(15-18)16-23(28)27-14-6-11-22(27)25(29)30/h2-5,7-10,15,22H,6,11-14,16H2,1H3,(H,29,30)/t22-/m1/s1. The fourth-order valence-corrected chi connectivity index (χ4v) is 4.12. The Balaban J connectivity index is 1.40. The van der Waals surface area contributed by atoms with Crippen LogP contribution >= 0.6 is 0 Å². The second kappa shape index (κ2) is 9.16. The average molecular weight is 418 g/mol. The van der Waals surface area contributed by atoms with Crippen LogP contribution in [0.4, 0.5) is 0 Å². The van der Waals surface area contributed by atoms with Gasteiger partial charge in [-0.25, -0.2) is 9.78 Å². The minimum atomic E-state index is -0.919. The third kappa shape index (κ3) is 4.85. The van der Waals surface area contributed by atoms with Gasteiger partial charge in [0.15, 0.2) is 0 Å². The van der Waals surface area contributed by atoms with Gasteiger partial charge in [0.25, 0.3) is 0 Å². The number of hydrogen-bond donors (Lipinski definition) is 1. The van der Waals surface area contributed by atoms with Gasteiger partial charge in [-0.2, -0.15) is 0 Å². The quantitative estimate of drug-likeness (QED) is 0.626. The molecule has 2 heterocycles. The number of oxazole rings is 1. The molecular weight excluding hydrogens is 392 g/mol. The molecule has 0 saturated carbocycles. The van der Waals surface area contributed by atoms with Gasteiger partial charge >= 0.3 is 5.97 Å². The van der Waals surface area contributed by atoms with E-state index in [1.54, 1.807) is 0 Å². The summed E-state index contributed by atoms with van der Waals surface area (Å²) in [4.78, 5) is 30.2. The van der Waals surface area contributed by atoms with Crippen LogP contribution in [0.15, 0.2) is 59.0 Å². The van der Waals surface area contributed by atoms with Gasteiger partial charge in [0.05, 0.1) is 12.1 Å². The maximum absolute atomic E-state index is 12.6. The number of carboxylic acids is 1. The molecule has 1 aliphatic heterocycles. The maximum Gasteiger partial charge on any atom is 0.326 e. The molecular formula is C25H26N2O4. The van der Waals surface area contributed by atoms with Crippen LogP contribution in [0.3, 0.4) is 0 Å². The van der Waals surface area contributed by atoms with E-state index in [9.17, 15) is 14.7 Å². The predicted molar refractivity (Wildman–Crippen MR) is 117 cm³/mol. The van der Waals surface area contributed by atoms with Gasteiger partial charge in [-0.05, 0) is 55.9 Å². The van der Waals surface area contributed by atoms with Gasteiger partial charge in [0.1, 0.15) is 11.8 Å². The monoisotopic (exact) mass is 418 g/mol. The highest BCUT2D eigenvalue weighted by molar-refractivity contribution is 5.85. The van der Waals surface area contributed by atoms with Gasteiger partial charge < -0.3 is 14.4 Å². The van der Waals surface area contributed by atoms with Crippen LogP contribution in [-0.2, 0) is 28.9 Å². The van der Waals surface area contributed by atoms with Crippen molar-refractivity contribution in [2.45, 2.75) is 45.1 Å². The second-order valence-corrected chi connectivity index (χ2v) is 7.97. The molecule has 0 radical (unpaired) electrons. The first-order valence-corrected chi connectivity index (χ1v) is 10.6. The van der Waals surface area contributed by atoms with Crippen LogP contribution in [0.1, 0.15) is 35.4 Å². The van der Waals surface area contributed by atoms with Crippen molar-refractivity contribution in [1.29, 1.82) is 0 Å². The Bertz CT molecular complexity index is 1070. The number of aliphatic carboxylic acids is 1. The van der Waals surface area contributed by atoms with E-state index in [2.05, 4.69) is 4.98 Å². The zero-order chi connectivity index (χ0) is 21.8. The molecule has 1 fully saturated rings. The molecule has 6 heteroatoms. The van der Waals surface area contributed by atoms with E-state index in [0.717, 1.165) is 47.4 Å². The van der Waals surface area contributed by atoms with Crippen molar-refractivity contribution in [3.63, 3.8) is 0 Å². The van der Waals surface area contributed by atoms with Crippen LogP contribution in [-0.4, -0.2) is 39.5 Å². The fraction of sp³-hybridized carbons (Fsp3) is 0.320.